The molecule has 0 spiro atoms. The molecule has 0 aromatic carbocycles. The molecule has 102 valence electrons. The zero-order chi connectivity index (χ0) is 13.2. The van der Waals surface area contributed by atoms with Crippen LogP contribution < -0.4 is 5.32 Å². The lowest BCUT2D eigenvalue weighted by Gasteiger charge is -2.28. The van der Waals surface area contributed by atoms with Gasteiger partial charge in [-0.15, -0.1) is 0 Å². The van der Waals surface area contributed by atoms with E-state index in [0.29, 0.717) is 5.92 Å². The van der Waals surface area contributed by atoms with Gasteiger partial charge < -0.3 is 10.2 Å². The highest BCUT2D eigenvalue weighted by Gasteiger charge is 2.17. The molecule has 2 aromatic rings. The summed E-state index contributed by atoms with van der Waals surface area (Å²) in [4.78, 5) is 7.09. The van der Waals surface area contributed by atoms with E-state index < -0.39 is 0 Å². The van der Waals surface area contributed by atoms with Crippen LogP contribution in [-0.2, 0) is 0 Å². The minimum Gasteiger partial charge on any atom is -0.314 e. The van der Waals surface area contributed by atoms with E-state index in [4.69, 9.17) is 0 Å². The Balaban J connectivity index is 1.75. The van der Waals surface area contributed by atoms with Gasteiger partial charge in [-0.25, -0.2) is 9.50 Å². The van der Waals surface area contributed by atoms with E-state index in [2.05, 4.69) is 43.2 Å². The number of fused-ring (bicyclic) bond motifs is 1. The second-order valence-electron chi connectivity index (χ2n) is 5.07. The zero-order valence-corrected chi connectivity index (χ0v) is 12.6. The van der Waals surface area contributed by atoms with Crippen LogP contribution >= 0.6 is 15.9 Å². The molecule has 0 amide bonds. The second kappa shape index (κ2) is 5.56. The van der Waals surface area contributed by atoms with Crippen molar-refractivity contribution in [3.8, 4) is 0 Å². The van der Waals surface area contributed by atoms with Crippen molar-refractivity contribution >= 4 is 21.6 Å². The van der Waals surface area contributed by atoms with Crippen molar-refractivity contribution in [2.75, 3.05) is 32.7 Å². The number of rotatable bonds is 3. The number of nitrogens with one attached hydrogen (secondary N) is 1. The van der Waals surface area contributed by atoms with Crippen LogP contribution in [0.4, 0.5) is 0 Å². The summed E-state index contributed by atoms with van der Waals surface area (Å²) in [5, 5.41) is 7.93. The van der Waals surface area contributed by atoms with Gasteiger partial charge in [-0.3, -0.25) is 0 Å². The Morgan fingerprint density at radius 1 is 1.42 bits per heavy atom. The molecule has 1 saturated heterocycles. The number of pyridine rings is 1. The number of nitrogens with zero attached hydrogens (tertiary/aromatic N) is 4. The van der Waals surface area contributed by atoms with Crippen molar-refractivity contribution in [2.45, 2.75) is 12.8 Å². The SMILES string of the molecule is CC(CN1CCNCC1)c1nc2cc(Br)ccn2n1. The van der Waals surface area contributed by atoms with E-state index in [1.165, 1.54) is 0 Å². The molecule has 1 unspecified atom stereocenters. The standard InChI is InChI=1S/C13H18BrN5/c1-10(9-18-6-3-15-4-7-18)13-16-12-8-11(14)2-5-19(12)17-13/h2,5,8,10,15H,3-4,6-7,9H2,1H3. The van der Waals surface area contributed by atoms with Gasteiger partial charge in [0.15, 0.2) is 11.5 Å². The number of halogens is 1. The summed E-state index contributed by atoms with van der Waals surface area (Å²) in [7, 11) is 0. The molecule has 6 heteroatoms. The van der Waals surface area contributed by atoms with Crippen LogP contribution in [0, 0.1) is 0 Å². The van der Waals surface area contributed by atoms with Gasteiger partial charge in [0.2, 0.25) is 0 Å². The molecular formula is C13H18BrN5. The van der Waals surface area contributed by atoms with Crippen molar-refractivity contribution in [1.82, 2.24) is 24.8 Å². The van der Waals surface area contributed by atoms with E-state index >= 15 is 0 Å². The number of piperazine rings is 1. The lowest BCUT2D eigenvalue weighted by atomic mass is 10.1. The Labute approximate surface area is 121 Å². The van der Waals surface area contributed by atoms with Crippen LogP contribution in [0.5, 0.6) is 0 Å². The molecule has 1 aliphatic rings. The van der Waals surface area contributed by atoms with Gasteiger partial charge in [-0.2, -0.15) is 5.10 Å². The quantitative estimate of drug-likeness (QED) is 0.929. The molecule has 3 heterocycles. The maximum atomic E-state index is 4.62. The monoisotopic (exact) mass is 323 g/mol. The predicted molar refractivity (Wildman–Crippen MR) is 78.4 cm³/mol. The minimum absolute atomic E-state index is 0.358. The Morgan fingerprint density at radius 2 is 2.21 bits per heavy atom. The van der Waals surface area contributed by atoms with Gasteiger partial charge in [-0.1, -0.05) is 22.9 Å². The molecule has 5 nitrogen and oxygen atoms in total. The number of aromatic nitrogens is 3. The molecule has 1 N–H and O–H groups in total. The average Bonchev–Trinajstić information content (AvgIpc) is 2.83. The van der Waals surface area contributed by atoms with Crippen molar-refractivity contribution in [3.63, 3.8) is 0 Å². The normalized spacial score (nSPS) is 18.8. The van der Waals surface area contributed by atoms with Crippen LogP contribution in [0.25, 0.3) is 5.65 Å². The number of hydrogen-bond donors (Lipinski definition) is 1. The first-order valence-corrected chi connectivity index (χ1v) is 7.46. The van der Waals surface area contributed by atoms with E-state index in [1.54, 1.807) is 0 Å². The lowest BCUT2D eigenvalue weighted by Crippen LogP contribution is -2.44. The van der Waals surface area contributed by atoms with Crippen LogP contribution in [0.15, 0.2) is 22.8 Å². The Bertz CT molecular complexity index is 561. The molecule has 3 rings (SSSR count). The third kappa shape index (κ3) is 2.96. The van der Waals surface area contributed by atoms with Gasteiger partial charge in [0.25, 0.3) is 0 Å². The molecule has 1 atom stereocenters. The van der Waals surface area contributed by atoms with Crippen LogP contribution in [-0.4, -0.2) is 52.2 Å². The fraction of sp³-hybridized carbons (Fsp3) is 0.538. The zero-order valence-electron chi connectivity index (χ0n) is 11.0. The molecule has 1 aliphatic heterocycles. The molecular weight excluding hydrogens is 306 g/mol. The van der Waals surface area contributed by atoms with Gasteiger partial charge in [-0.05, 0) is 12.1 Å². The summed E-state index contributed by atoms with van der Waals surface area (Å²) in [6, 6.07) is 3.97. The van der Waals surface area contributed by atoms with E-state index in [-0.39, 0.29) is 0 Å². The first-order valence-electron chi connectivity index (χ1n) is 6.67. The summed E-state index contributed by atoms with van der Waals surface area (Å²) >= 11 is 3.46. The summed E-state index contributed by atoms with van der Waals surface area (Å²) in [6.07, 6.45) is 1.94. The smallest absolute Gasteiger partial charge is 0.156 e. The predicted octanol–water partition coefficient (Wildman–Crippen LogP) is 1.50. The Morgan fingerprint density at radius 3 is 3.00 bits per heavy atom. The van der Waals surface area contributed by atoms with Crippen molar-refractivity contribution in [3.05, 3.63) is 28.6 Å². The molecule has 1 fully saturated rings. The molecule has 0 bridgehead atoms. The fourth-order valence-corrected chi connectivity index (χ4v) is 2.77. The highest BCUT2D eigenvalue weighted by atomic mass is 79.9. The molecule has 0 aliphatic carbocycles. The highest BCUT2D eigenvalue weighted by Crippen LogP contribution is 2.16. The maximum absolute atomic E-state index is 4.62. The average molecular weight is 324 g/mol. The summed E-state index contributed by atoms with van der Waals surface area (Å²) in [5.74, 6) is 1.29. The lowest BCUT2D eigenvalue weighted by molar-refractivity contribution is 0.228. The van der Waals surface area contributed by atoms with Gasteiger partial charge >= 0.3 is 0 Å². The Kier molecular flexibility index (Phi) is 3.81. The van der Waals surface area contributed by atoms with Crippen LogP contribution in [0.2, 0.25) is 0 Å². The molecule has 19 heavy (non-hydrogen) atoms. The van der Waals surface area contributed by atoms with Crippen molar-refractivity contribution in [1.29, 1.82) is 0 Å². The first kappa shape index (κ1) is 13.0. The summed E-state index contributed by atoms with van der Waals surface area (Å²) in [5.41, 5.74) is 0.900. The Hall–Kier alpha value is -0.980. The van der Waals surface area contributed by atoms with Crippen LogP contribution in [0.3, 0.4) is 0 Å². The van der Waals surface area contributed by atoms with Crippen molar-refractivity contribution in [2.24, 2.45) is 0 Å². The third-order valence-corrected chi connectivity index (χ3v) is 3.99. The van der Waals surface area contributed by atoms with E-state index in [0.717, 1.165) is 48.7 Å². The first-order chi connectivity index (χ1) is 9.22. The molecule has 0 radical (unpaired) electrons. The fourth-order valence-electron chi connectivity index (χ4n) is 2.45. The van der Waals surface area contributed by atoms with Gasteiger partial charge in [0.1, 0.15) is 0 Å². The van der Waals surface area contributed by atoms with E-state index in [9.17, 15) is 0 Å². The largest absolute Gasteiger partial charge is 0.314 e. The van der Waals surface area contributed by atoms with E-state index in [1.807, 2.05) is 22.8 Å². The van der Waals surface area contributed by atoms with Crippen LogP contribution in [0.1, 0.15) is 18.7 Å². The van der Waals surface area contributed by atoms with Gasteiger partial charge in [0, 0.05) is 49.3 Å². The second-order valence-corrected chi connectivity index (χ2v) is 5.99. The summed E-state index contributed by atoms with van der Waals surface area (Å²) in [6.45, 7) is 7.62. The highest BCUT2D eigenvalue weighted by molar-refractivity contribution is 9.10. The third-order valence-electron chi connectivity index (χ3n) is 3.50. The topological polar surface area (TPSA) is 45.5 Å². The minimum atomic E-state index is 0.358. The molecule has 0 saturated carbocycles. The maximum Gasteiger partial charge on any atom is 0.156 e. The number of hydrogen-bond acceptors (Lipinski definition) is 4. The molecule has 2 aromatic heterocycles. The van der Waals surface area contributed by atoms with Gasteiger partial charge in [0.05, 0.1) is 0 Å². The van der Waals surface area contributed by atoms with Crippen molar-refractivity contribution < 1.29 is 0 Å². The summed E-state index contributed by atoms with van der Waals surface area (Å²) < 4.78 is 2.88.